The molecule has 0 heterocycles. The fourth-order valence-electron chi connectivity index (χ4n) is 6.10. The number of carbonyl (C=O) groups is 1. The van der Waals surface area contributed by atoms with E-state index < -0.39 is 6.80 Å². The van der Waals surface area contributed by atoms with Crippen molar-refractivity contribution >= 4 is 24.1 Å². The van der Waals surface area contributed by atoms with E-state index in [9.17, 15) is 9.36 Å². The Bertz CT molecular complexity index is 635. The fourth-order valence-corrected chi connectivity index (χ4v) is 9.20. The van der Waals surface area contributed by atoms with E-state index in [-0.39, 0.29) is 12.6 Å². The van der Waals surface area contributed by atoms with Crippen LogP contribution in [0.25, 0.3) is 0 Å². The van der Waals surface area contributed by atoms with E-state index in [0.29, 0.717) is 19.0 Å². The summed E-state index contributed by atoms with van der Waals surface area (Å²) in [5.41, 5.74) is 0. The molecule has 0 rings (SSSR count). The summed E-state index contributed by atoms with van der Waals surface area (Å²) in [5, 5.41) is 0. The van der Waals surface area contributed by atoms with Gasteiger partial charge in [0.2, 0.25) is 0 Å². The zero-order valence-corrected chi connectivity index (χ0v) is 33.6. The van der Waals surface area contributed by atoms with Gasteiger partial charge >= 0.3 is 12.8 Å². The lowest BCUT2D eigenvalue weighted by Crippen LogP contribution is -2.04. The van der Waals surface area contributed by atoms with Crippen LogP contribution in [0.3, 0.4) is 0 Å². The van der Waals surface area contributed by atoms with Crippen LogP contribution >= 0.6 is 18.2 Å². The molecule has 0 bridgehead atoms. The van der Waals surface area contributed by atoms with Gasteiger partial charge in [-0.2, -0.15) is 0 Å². The average Bonchev–Trinajstić information content (AvgIpc) is 3.06. The quantitative estimate of drug-likeness (QED) is 0.0359. The Labute approximate surface area is 298 Å². The lowest BCUT2D eigenvalue weighted by Gasteiger charge is -2.18. The molecule has 0 spiro atoms. The fraction of sp³-hybridized carbons (Fsp3) is 0.975. The molecule has 47 heavy (non-hydrogen) atoms. The maximum atomic E-state index is 13.4. The third kappa shape index (κ3) is 38.6. The van der Waals surface area contributed by atoms with Crippen LogP contribution in [0, 0.1) is 0 Å². The summed E-state index contributed by atoms with van der Waals surface area (Å²) in [5.74, 6) is 0.109. The van der Waals surface area contributed by atoms with Crippen LogP contribution in [-0.4, -0.2) is 31.5 Å². The summed E-state index contributed by atoms with van der Waals surface area (Å²) in [7, 11) is 0. The van der Waals surface area contributed by atoms with Crippen LogP contribution in [0.4, 0.5) is 0 Å². The molecule has 0 radical (unpaired) electrons. The van der Waals surface area contributed by atoms with Crippen molar-refractivity contribution in [3.05, 3.63) is 0 Å². The maximum Gasteiger partial charge on any atom is 0.389 e. The van der Waals surface area contributed by atoms with Crippen LogP contribution in [0.15, 0.2) is 0 Å². The highest BCUT2D eigenvalue weighted by atomic mass is 32.7. The van der Waals surface area contributed by atoms with E-state index in [2.05, 4.69) is 13.8 Å². The summed E-state index contributed by atoms with van der Waals surface area (Å²) < 4.78 is 30.1. The van der Waals surface area contributed by atoms with Crippen LogP contribution in [0.2, 0.25) is 0 Å². The predicted molar refractivity (Wildman–Crippen MR) is 208 cm³/mol. The van der Waals surface area contributed by atoms with Crippen molar-refractivity contribution in [3.8, 4) is 0 Å². The third-order valence-corrected chi connectivity index (χ3v) is 12.9. The smallest absolute Gasteiger partial charge is 0.389 e. The van der Waals surface area contributed by atoms with Gasteiger partial charge in [-0.3, -0.25) is 4.79 Å². The highest BCUT2D eigenvalue weighted by molar-refractivity contribution is 8.55. The van der Waals surface area contributed by atoms with Gasteiger partial charge in [0.1, 0.15) is 6.61 Å². The standard InChI is InChI=1S/C40H81O5PS/c1-4-6-8-10-12-14-16-18-20-22-24-26-28-30-32-34-36-44-46(42,47-39-38-43-40(3)41)45-37-35-33-31-29-27-25-23-21-19-17-15-13-11-9-7-5-2/h4-39H2,1-3H3. The van der Waals surface area contributed by atoms with Gasteiger partial charge < -0.3 is 13.8 Å². The number of unbranched alkanes of at least 4 members (excludes halogenated alkanes) is 30. The van der Waals surface area contributed by atoms with Gasteiger partial charge in [0.05, 0.1) is 13.2 Å². The van der Waals surface area contributed by atoms with Gasteiger partial charge in [-0.1, -0.05) is 206 Å². The van der Waals surface area contributed by atoms with E-state index in [1.807, 2.05) is 0 Å². The highest BCUT2D eigenvalue weighted by Gasteiger charge is 2.25. The summed E-state index contributed by atoms with van der Waals surface area (Å²) in [4.78, 5) is 11.1. The number of esters is 1. The lowest BCUT2D eigenvalue weighted by molar-refractivity contribution is -0.140. The second-order valence-corrected chi connectivity index (χ2v) is 18.1. The molecule has 0 aliphatic rings. The largest absolute Gasteiger partial charge is 0.465 e. The van der Waals surface area contributed by atoms with Gasteiger partial charge in [-0.15, -0.1) is 0 Å². The van der Waals surface area contributed by atoms with Crippen molar-refractivity contribution in [2.24, 2.45) is 0 Å². The van der Waals surface area contributed by atoms with E-state index >= 15 is 0 Å². The Morgan fingerprint density at radius 1 is 0.426 bits per heavy atom. The number of rotatable bonds is 40. The minimum atomic E-state index is -3.23. The Kier molecular flexibility index (Phi) is 38.7. The molecule has 0 amide bonds. The van der Waals surface area contributed by atoms with E-state index in [0.717, 1.165) is 25.7 Å². The molecule has 7 heteroatoms. The van der Waals surface area contributed by atoms with E-state index in [1.165, 1.54) is 198 Å². The second-order valence-electron chi connectivity index (χ2n) is 13.9. The first kappa shape index (κ1) is 47.0. The lowest BCUT2D eigenvalue weighted by atomic mass is 10.0. The Morgan fingerprint density at radius 2 is 0.681 bits per heavy atom. The molecule has 0 fully saturated rings. The zero-order chi connectivity index (χ0) is 34.4. The summed E-state index contributed by atoms with van der Waals surface area (Å²) >= 11 is 1.18. The van der Waals surface area contributed by atoms with Gasteiger partial charge in [0.25, 0.3) is 0 Å². The zero-order valence-electron chi connectivity index (χ0n) is 31.9. The van der Waals surface area contributed by atoms with Gasteiger partial charge in [0, 0.05) is 12.7 Å². The summed E-state index contributed by atoms with van der Waals surface area (Å²) in [6.45, 7) is 3.89. The number of ether oxygens (including phenoxy) is 1. The minimum Gasteiger partial charge on any atom is -0.465 e. The molecule has 0 saturated carbocycles. The maximum absolute atomic E-state index is 13.4. The predicted octanol–water partition coefficient (Wildman–Crippen LogP) is 14.9. The molecular weight excluding hydrogens is 623 g/mol. The molecule has 0 aliphatic heterocycles. The van der Waals surface area contributed by atoms with Crippen molar-refractivity contribution in [1.82, 2.24) is 0 Å². The number of carbonyl (C=O) groups excluding carboxylic acids is 1. The molecule has 0 aromatic rings. The molecule has 0 saturated heterocycles. The molecule has 0 aromatic heterocycles. The number of hydrogen-bond donors (Lipinski definition) is 0. The molecule has 282 valence electrons. The first-order valence-electron chi connectivity index (χ1n) is 20.7. The Morgan fingerprint density at radius 3 is 0.936 bits per heavy atom. The van der Waals surface area contributed by atoms with Crippen molar-refractivity contribution in [2.75, 3.05) is 25.6 Å². The first-order chi connectivity index (χ1) is 23.0. The average molecular weight is 705 g/mol. The van der Waals surface area contributed by atoms with Crippen molar-refractivity contribution in [2.45, 2.75) is 226 Å². The van der Waals surface area contributed by atoms with Gasteiger partial charge in [0.15, 0.2) is 0 Å². The molecular formula is C40H81O5PS. The van der Waals surface area contributed by atoms with Crippen LogP contribution in [0.1, 0.15) is 226 Å². The topological polar surface area (TPSA) is 61.8 Å². The number of hydrogen-bond acceptors (Lipinski definition) is 6. The minimum absolute atomic E-state index is 0.231. The molecule has 0 unspecified atom stereocenters. The van der Waals surface area contributed by atoms with Gasteiger partial charge in [-0.25, -0.2) is 4.57 Å². The van der Waals surface area contributed by atoms with Gasteiger partial charge in [-0.05, 0) is 24.2 Å². The van der Waals surface area contributed by atoms with Crippen molar-refractivity contribution in [1.29, 1.82) is 0 Å². The van der Waals surface area contributed by atoms with Crippen LogP contribution < -0.4 is 0 Å². The SMILES string of the molecule is CCCCCCCCCCCCCCCCCCOP(=O)(OCCCCCCCCCCCCCCCCCC)SCCOC(C)=O. The normalized spacial score (nSPS) is 11.8. The monoisotopic (exact) mass is 705 g/mol. The molecule has 0 aliphatic carbocycles. The molecule has 0 N–H and O–H groups in total. The third-order valence-electron chi connectivity index (χ3n) is 9.13. The van der Waals surface area contributed by atoms with Crippen molar-refractivity contribution < 1.29 is 23.1 Å². The van der Waals surface area contributed by atoms with E-state index in [4.69, 9.17) is 13.8 Å². The first-order valence-corrected chi connectivity index (χ1v) is 23.8. The summed E-state index contributed by atoms with van der Waals surface area (Å²) in [6, 6.07) is 0. The molecule has 0 aromatic carbocycles. The van der Waals surface area contributed by atoms with Crippen LogP contribution in [-0.2, 0) is 23.1 Å². The second kappa shape index (κ2) is 38.8. The summed E-state index contributed by atoms with van der Waals surface area (Å²) in [6.07, 6.45) is 42.5. The van der Waals surface area contributed by atoms with Crippen LogP contribution in [0.5, 0.6) is 0 Å². The Balaban J connectivity index is 3.81. The molecule has 0 atom stereocenters. The Hall–Kier alpha value is -0.0300. The molecule has 5 nitrogen and oxygen atoms in total. The van der Waals surface area contributed by atoms with E-state index in [1.54, 1.807) is 0 Å². The highest BCUT2D eigenvalue weighted by Crippen LogP contribution is 2.60. The van der Waals surface area contributed by atoms with Crippen molar-refractivity contribution in [3.63, 3.8) is 0 Å².